The van der Waals surface area contributed by atoms with E-state index in [4.69, 9.17) is 21.1 Å². The Morgan fingerprint density at radius 3 is 2.69 bits per heavy atom. The number of ether oxygens (including phenoxy) is 2. The molecule has 2 rings (SSSR count). The van der Waals surface area contributed by atoms with Gasteiger partial charge in [0, 0.05) is 22.3 Å². The molecule has 0 aliphatic carbocycles. The Balaban J connectivity index is 1.87. The first-order valence-electron chi connectivity index (χ1n) is 8.12. The lowest BCUT2D eigenvalue weighted by atomic mass is 10.2. The predicted molar refractivity (Wildman–Crippen MR) is 102 cm³/mol. The number of anilines is 1. The van der Waals surface area contributed by atoms with E-state index in [2.05, 4.69) is 5.32 Å². The standard InChI is InChI=1S/C20H20ClNO4/c1-3-25-18-7-5-4-6-15(18)8-11-20(24)26-13-19(23)22-17-10-9-16(21)12-14(17)2/h4-12H,3,13H2,1-2H3,(H,22,23)/b11-8+. The van der Waals surface area contributed by atoms with Gasteiger partial charge >= 0.3 is 5.97 Å². The van der Waals surface area contributed by atoms with Crippen LogP contribution >= 0.6 is 11.6 Å². The first-order chi connectivity index (χ1) is 12.5. The molecular formula is C20H20ClNO4. The molecule has 0 saturated carbocycles. The lowest BCUT2D eigenvalue weighted by Crippen LogP contribution is -2.20. The Hall–Kier alpha value is -2.79. The number of nitrogens with one attached hydrogen (secondary N) is 1. The quantitative estimate of drug-likeness (QED) is 0.582. The molecule has 5 nitrogen and oxygen atoms in total. The van der Waals surface area contributed by atoms with Gasteiger partial charge in [0.1, 0.15) is 5.75 Å². The highest BCUT2D eigenvalue weighted by atomic mass is 35.5. The maximum atomic E-state index is 11.9. The minimum atomic E-state index is -0.612. The predicted octanol–water partition coefficient (Wildman–Crippen LogP) is 4.24. The SMILES string of the molecule is CCOc1ccccc1/C=C/C(=O)OCC(=O)Nc1ccc(Cl)cc1C. The Morgan fingerprint density at radius 1 is 1.19 bits per heavy atom. The lowest BCUT2D eigenvalue weighted by molar-refractivity contribution is -0.142. The van der Waals surface area contributed by atoms with Gasteiger partial charge in [0.25, 0.3) is 5.91 Å². The van der Waals surface area contributed by atoms with Gasteiger partial charge in [0.05, 0.1) is 6.61 Å². The van der Waals surface area contributed by atoms with Crippen LogP contribution in [-0.2, 0) is 14.3 Å². The summed E-state index contributed by atoms with van der Waals surface area (Å²) in [5.74, 6) is -0.360. The van der Waals surface area contributed by atoms with Gasteiger partial charge in [-0.1, -0.05) is 29.8 Å². The van der Waals surface area contributed by atoms with Gasteiger partial charge in [-0.3, -0.25) is 4.79 Å². The number of benzene rings is 2. The van der Waals surface area contributed by atoms with E-state index < -0.39 is 11.9 Å². The fourth-order valence-electron chi connectivity index (χ4n) is 2.20. The molecule has 0 aliphatic heterocycles. The topological polar surface area (TPSA) is 64.6 Å². The van der Waals surface area contributed by atoms with Gasteiger partial charge in [-0.25, -0.2) is 4.79 Å². The summed E-state index contributed by atoms with van der Waals surface area (Å²) in [5.41, 5.74) is 2.20. The van der Waals surface area contributed by atoms with Gasteiger partial charge in [-0.15, -0.1) is 0 Å². The Morgan fingerprint density at radius 2 is 1.96 bits per heavy atom. The zero-order chi connectivity index (χ0) is 18.9. The van der Waals surface area contributed by atoms with Crippen LogP contribution in [0.3, 0.4) is 0 Å². The van der Waals surface area contributed by atoms with Crippen molar-refractivity contribution in [1.82, 2.24) is 0 Å². The first kappa shape index (κ1) is 19.5. The molecule has 0 bridgehead atoms. The third kappa shape index (κ3) is 5.93. The summed E-state index contributed by atoms with van der Waals surface area (Å²) in [4.78, 5) is 23.7. The third-order valence-electron chi connectivity index (χ3n) is 3.43. The van der Waals surface area contributed by atoms with Crippen molar-refractivity contribution in [2.45, 2.75) is 13.8 Å². The van der Waals surface area contributed by atoms with Crippen molar-refractivity contribution < 1.29 is 19.1 Å². The highest BCUT2D eigenvalue weighted by Crippen LogP contribution is 2.20. The first-order valence-corrected chi connectivity index (χ1v) is 8.50. The molecule has 1 N–H and O–H groups in total. The Kier molecular flexibility index (Phi) is 7.24. The number of hydrogen-bond acceptors (Lipinski definition) is 4. The van der Waals surface area contributed by atoms with Crippen LogP contribution in [0.4, 0.5) is 5.69 Å². The van der Waals surface area contributed by atoms with E-state index in [1.165, 1.54) is 6.08 Å². The molecule has 2 aromatic carbocycles. The Bertz CT molecular complexity index is 817. The fraction of sp³-hybridized carbons (Fsp3) is 0.200. The van der Waals surface area contributed by atoms with Crippen molar-refractivity contribution in [2.75, 3.05) is 18.5 Å². The molecule has 136 valence electrons. The minimum Gasteiger partial charge on any atom is -0.493 e. The molecule has 0 fully saturated rings. The number of esters is 1. The summed E-state index contributed by atoms with van der Waals surface area (Å²) >= 11 is 5.87. The molecular weight excluding hydrogens is 354 g/mol. The van der Waals surface area contributed by atoms with Crippen LogP contribution in [0.15, 0.2) is 48.5 Å². The lowest BCUT2D eigenvalue weighted by Gasteiger charge is -2.08. The second kappa shape index (κ2) is 9.63. The van der Waals surface area contributed by atoms with Crippen molar-refractivity contribution in [2.24, 2.45) is 0 Å². The molecule has 0 aromatic heterocycles. The molecule has 0 radical (unpaired) electrons. The molecule has 26 heavy (non-hydrogen) atoms. The van der Waals surface area contributed by atoms with E-state index in [-0.39, 0.29) is 6.61 Å². The number of hydrogen-bond donors (Lipinski definition) is 1. The molecule has 6 heteroatoms. The van der Waals surface area contributed by atoms with Crippen molar-refractivity contribution in [3.8, 4) is 5.75 Å². The average Bonchev–Trinajstić information content (AvgIpc) is 2.62. The molecule has 0 atom stereocenters. The number of amides is 1. The van der Waals surface area contributed by atoms with E-state index in [0.717, 1.165) is 11.1 Å². The second-order valence-electron chi connectivity index (χ2n) is 5.42. The van der Waals surface area contributed by atoms with E-state index in [1.54, 1.807) is 24.3 Å². The smallest absolute Gasteiger partial charge is 0.331 e. The largest absolute Gasteiger partial charge is 0.493 e. The van der Waals surface area contributed by atoms with E-state index >= 15 is 0 Å². The number of halogens is 1. The molecule has 2 aromatic rings. The van der Waals surface area contributed by atoms with E-state index in [9.17, 15) is 9.59 Å². The molecule has 1 amide bonds. The van der Waals surface area contributed by atoms with Crippen LogP contribution in [0, 0.1) is 6.92 Å². The zero-order valence-electron chi connectivity index (χ0n) is 14.6. The summed E-state index contributed by atoms with van der Waals surface area (Å²) in [6, 6.07) is 12.4. The number of carbonyl (C=O) groups excluding carboxylic acids is 2. The van der Waals surface area contributed by atoms with Crippen LogP contribution in [0.2, 0.25) is 5.02 Å². The molecule has 0 spiro atoms. The number of aryl methyl sites for hydroxylation is 1. The number of rotatable bonds is 7. The van der Waals surface area contributed by atoms with Gasteiger partial charge < -0.3 is 14.8 Å². The van der Waals surface area contributed by atoms with Crippen LogP contribution in [-0.4, -0.2) is 25.1 Å². The number of carbonyl (C=O) groups is 2. The van der Waals surface area contributed by atoms with Crippen molar-refractivity contribution in [3.63, 3.8) is 0 Å². The van der Waals surface area contributed by atoms with Crippen molar-refractivity contribution in [3.05, 3.63) is 64.7 Å². The average molecular weight is 374 g/mol. The normalized spacial score (nSPS) is 10.6. The molecule has 0 unspecified atom stereocenters. The molecule has 0 saturated heterocycles. The van der Waals surface area contributed by atoms with E-state index in [1.807, 2.05) is 38.1 Å². The molecule has 0 aliphatic rings. The maximum absolute atomic E-state index is 11.9. The highest BCUT2D eigenvalue weighted by Gasteiger charge is 2.08. The number of para-hydroxylation sites is 1. The van der Waals surface area contributed by atoms with Crippen LogP contribution < -0.4 is 10.1 Å². The highest BCUT2D eigenvalue weighted by molar-refractivity contribution is 6.30. The molecule has 0 heterocycles. The summed E-state index contributed by atoms with van der Waals surface area (Å²) in [5, 5.41) is 3.26. The zero-order valence-corrected chi connectivity index (χ0v) is 15.4. The third-order valence-corrected chi connectivity index (χ3v) is 3.66. The monoisotopic (exact) mass is 373 g/mol. The Labute approximate surface area is 157 Å². The summed E-state index contributed by atoms with van der Waals surface area (Å²) < 4.78 is 10.4. The van der Waals surface area contributed by atoms with Gasteiger partial charge in [-0.05, 0) is 49.8 Å². The van der Waals surface area contributed by atoms with E-state index in [0.29, 0.717) is 23.1 Å². The van der Waals surface area contributed by atoms with Crippen molar-refractivity contribution >= 4 is 35.2 Å². The van der Waals surface area contributed by atoms with Crippen molar-refractivity contribution in [1.29, 1.82) is 0 Å². The second-order valence-corrected chi connectivity index (χ2v) is 5.86. The summed E-state index contributed by atoms with van der Waals surface area (Å²) in [7, 11) is 0. The maximum Gasteiger partial charge on any atom is 0.331 e. The summed E-state index contributed by atoms with van der Waals surface area (Å²) in [6.07, 6.45) is 2.85. The minimum absolute atomic E-state index is 0.377. The van der Waals surface area contributed by atoms with Crippen LogP contribution in [0.25, 0.3) is 6.08 Å². The summed E-state index contributed by atoms with van der Waals surface area (Å²) in [6.45, 7) is 3.86. The van der Waals surface area contributed by atoms with Gasteiger partial charge in [0.15, 0.2) is 6.61 Å². The van der Waals surface area contributed by atoms with Gasteiger partial charge in [-0.2, -0.15) is 0 Å². The van der Waals surface area contributed by atoms with Crippen LogP contribution in [0.1, 0.15) is 18.1 Å². The fourth-order valence-corrected chi connectivity index (χ4v) is 2.43. The van der Waals surface area contributed by atoms with Gasteiger partial charge in [0.2, 0.25) is 0 Å². The van der Waals surface area contributed by atoms with Crippen LogP contribution in [0.5, 0.6) is 5.75 Å².